The SMILES string of the molecule is CSC1(CNC(=O)Cn2cc(C(=O)O)nn2)CCCC1. The summed E-state index contributed by atoms with van der Waals surface area (Å²) in [7, 11) is 0. The summed E-state index contributed by atoms with van der Waals surface area (Å²) in [4.78, 5) is 22.5. The minimum atomic E-state index is -1.15. The van der Waals surface area contributed by atoms with Crippen LogP contribution in [0.3, 0.4) is 0 Å². The molecule has 1 aromatic heterocycles. The van der Waals surface area contributed by atoms with Crippen LogP contribution in [0.2, 0.25) is 0 Å². The van der Waals surface area contributed by atoms with E-state index >= 15 is 0 Å². The Morgan fingerprint density at radius 3 is 2.75 bits per heavy atom. The predicted molar refractivity (Wildman–Crippen MR) is 74.7 cm³/mol. The summed E-state index contributed by atoms with van der Waals surface area (Å²) in [5.41, 5.74) is -0.158. The summed E-state index contributed by atoms with van der Waals surface area (Å²) < 4.78 is 1.39. The number of carboxylic acids is 1. The fourth-order valence-electron chi connectivity index (χ4n) is 2.41. The van der Waals surface area contributed by atoms with Gasteiger partial charge in [0.05, 0.1) is 6.20 Å². The van der Waals surface area contributed by atoms with E-state index in [-0.39, 0.29) is 22.9 Å². The molecule has 1 amide bonds. The van der Waals surface area contributed by atoms with E-state index in [9.17, 15) is 9.59 Å². The van der Waals surface area contributed by atoms with Crippen molar-refractivity contribution in [3.63, 3.8) is 0 Å². The second-order valence-electron chi connectivity index (χ2n) is 4.98. The standard InChI is InChI=1S/C12H18N4O3S/c1-20-12(4-2-3-5-12)8-13-10(17)7-16-6-9(11(18)19)14-15-16/h6H,2-5,7-8H2,1H3,(H,13,17)(H,18,19). The second kappa shape index (κ2) is 6.25. The molecule has 0 saturated heterocycles. The van der Waals surface area contributed by atoms with Gasteiger partial charge in [-0.05, 0) is 19.1 Å². The molecular formula is C12H18N4O3S. The molecule has 0 radical (unpaired) electrons. The number of amides is 1. The number of nitrogens with zero attached hydrogens (tertiary/aromatic N) is 3. The number of carbonyl (C=O) groups is 2. The van der Waals surface area contributed by atoms with Gasteiger partial charge in [0.1, 0.15) is 6.54 Å². The Kier molecular flexibility index (Phi) is 4.64. The van der Waals surface area contributed by atoms with Gasteiger partial charge < -0.3 is 10.4 Å². The maximum Gasteiger partial charge on any atom is 0.358 e. The Balaban J connectivity index is 1.84. The fourth-order valence-corrected chi connectivity index (χ4v) is 3.32. The molecule has 1 aromatic rings. The average molecular weight is 298 g/mol. The van der Waals surface area contributed by atoms with Crippen molar-refractivity contribution in [1.82, 2.24) is 20.3 Å². The first-order chi connectivity index (χ1) is 9.54. The van der Waals surface area contributed by atoms with Gasteiger partial charge in [-0.25, -0.2) is 9.48 Å². The zero-order valence-electron chi connectivity index (χ0n) is 11.3. The maximum absolute atomic E-state index is 11.9. The van der Waals surface area contributed by atoms with Crippen LogP contribution in [-0.4, -0.2) is 49.5 Å². The van der Waals surface area contributed by atoms with Gasteiger partial charge in [0.15, 0.2) is 5.69 Å². The Morgan fingerprint density at radius 2 is 2.20 bits per heavy atom. The van der Waals surface area contributed by atoms with Gasteiger partial charge in [-0.1, -0.05) is 18.1 Å². The Bertz CT molecular complexity index is 497. The van der Waals surface area contributed by atoms with Crippen molar-refractivity contribution in [2.45, 2.75) is 37.0 Å². The van der Waals surface area contributed by atoms with Gasteiger partial charge in [0.2, 0.25) is 5.91 Å². The molecule has 1 fully saturated rings. The van der Waals surface area contributed by atoms with Crippen molar-refractivity contribution in [1.29, 1.82) is 0 Å². The summed E-state index contributed by atoms with van der Waals surface area (Å²) in [5, 5.41) is 18.7. The van der Waals surface area contributed by atoms with Gasteiger partial charge in [-0.3, -0.25) is 4.79 Å². The highest BCUT2D eigenvalue weighted by Crippen LogP contribution is 2.39. The van der Waals surface area contributed by atoms with E-state index in [2.05, 4.69) is 21.9 Å². The molecule has 8 heteroatoms. The van der Waals surface area contributed by atoms with Crippen LogP contribution in [0.15, 0.2) is 6.20 Å². The molecular weight excluding hydrogens is 280 g/mol. The van der Waals surface area contributed by atoms with E-state index in [0.29, 0.717) is 6.54 Å². The zero-order valence-corrected chi connectivity index (χ0v) is 12.2. The lowest BCUT2D eigenvalue weighted by atomic mass is 10.1. The van der Waals surface area contributed by atoms with Gasteiger partial charge >= 0.3 is 5.97 Å². The first kappa shape index (κ1) is 14.8. The van der Waals surface area contributed by atoms with Crippen molar-refractivity contribution in [3.05, 3.63) is 11.9 Å². The molecule has 0 bridgehead atoms. The molecule has 2 N–H and O–H groups in total. The fraction of sp³-hybridized carbons (Fsp3) is 0.667. The van der Waals surface area contributed by atoms with Crippen molar-refractivity contribution < 1.29 is 14.7 Å². The molecule has 20 heavy (non-hydrogen) atoms. The molecule has 1 aliphatic rings. The van der Waals surface area contributed by atoms with Crippen LogP contribution in [-0.2, 0) is 11.3 Å². The molecule has 0 atom stereocenters. The van der Waals surface area contributed by atoms with Gasteiger partial charge in [0, 0.05) is 11.3 Å². The highest BCUT2D eigenvalue weighted by molar-refractivity contribution is 8.00. The van der Waals surface area contributed by atoms with Crippen LogP contribution in [0.4, 0.5) is 0 Å². The first-order valence-electron chi connectivity index (χ1n) is 6.50. The number of hydrogen-bond acceptors (Lipinski definition) is 5. The Hall–Kier alpha value is -1.57. The van der Waals surface area contributed by atoms with E-state index in [1.165, 1.54) is 23.7 Å². The lowest BCUT2D eigenvalue weighted by Crippen LogP contribution is -2.39. The van der Waals surface area contributed by atoms with E-state index in [0.717, 1.165) is 12.8 Å². The maximum atomic E-state index is 11.9. The molecule has 0 spiro atoms. The summed E-state index contributed by atoms with van der Waals surface area (Å²) in [5.74, 6) is -1.32. The molecule has 1 heterocycles. The summed E-state index contributed by atoms with van der Waals surface area (Å²) in [6.07, 6.45) is 8.00. The number of rotatable bonds is 6. The van der Waals surface area contributed by atoms with E-state index in [4.69, 9.17) is 5.11 Å². The van der Waals surface area contributed by atoms with Crippen LogP contribution in [0, 0.1) is 0 Å². The number of carboxylic acid groups (broad SMARTS) is 1. The predicted octanol–water partition coefficient (Wildman–Crippen LogP) is 0.768. The van der Waals surface area contributed by atoms with Crippen molar-refractivity contribution in [3.8, 4) is 0 Å². The summed E-state index contributed by atoms with van der Waals surface area (Å²) >= 11 is 1.81. The Morgan fingerprint density at radius 1 is 1.50 bits per heavy atom. The summed E-state index contributed by atoms with van der Waals surface area (Å²) in [6.45, 7) is 0.637. The minimum Gasteiger partial charge on any atom is -0.476 e. The third kappa shape index (κ3) is 3.50. The minimum absolute atomic E-state index is 0.00919. The zero-order chi connectivity index (χ0) is 14.6. The van der Waals surface area contributed by atoms with Gasteiger partial charge in [0.25, 0.3) is 0 Å². The number of aromatic carboxylic acids is 1. The largest absolute Gasteiger partial charge is 0.476 e. The smallest absolute Gasteiger partial charge is 0.358 e. The molecule has 0 unspecified atom stereocenters. The Labute approximate surface area is 121 Å². The molecule has 1 saturated carbocycles. The molecule has 0 aliphatic heterocycles. The van der Waals surface area contributed by atoms with Gasteiger partial charge in [-0.15, -0.1) is 5.10 Å². The average Bonchev–Trinajstić information content (AvgIpc) is 3.06. The molecule has 0 aromatic carbocycles. The monoisotopic (exact) mass is 298 g/mol. The molecule has 110 valence electrons. The summed E-state index contributed by atoms with van der Waals surface area (Å²) in [6, 6.07) is 0. The van der Waals surface area contributed by atoms with E-state index in [1.54, 1.807) is 0 Å². The third-order valence-electron chi connectivity index (χ3n) is 3.62. The third-order valence-corrected chi connectivity index (χ3v) is 5.04. The van der Waals surface area contributed by atoms with Crippen LogP contribution in [0.25, 0.3) is 0 Å². The van der Waals surface area contributed by atoms with Crippen LogP contribution in [0.1, 0.15) is 36.2 Å². The highest BCUT2D eigenvalue weighted by Gasteiger charge is 2.33. The van der Waals surface area contributed by atoms with Crippen molar-refractivity contribution in [2.24, 2.45) is 0 Å². The lowest BCUT2D eigenvalue weighted by molar-refractivity contribution is -0.122. The van der Waals surface area contributed by atoms with Crippen molar-refractivity contribution in [2.75, 3.05) is 12.8 Å². The van der Waals surface area contributed by atoms with E-state index in [1.807, 2.05) is 11.8 Å². The normalized spacial score (nSPS) is 17.1. The topological polar surface area (TPSA) is 97.1 Å². The number of thioether (sulfide) groups is 1. The first-order valence-corrected chi connectivity index (χ1v) is 7.72. The number of hydrogen-bond donors (Lipinski definition) is 2. The van der Waals surface area contributed by atoms with E-state index < -0.39 is 5.97 Å². The van der Waals surface area contributed by atoms with Crippen LogP contribution in [0.5, 0.6) is 0 Å². The van der Waals surface area contributed by atoms with Gasteiger partial charge in [-0.2, -0.15) is 11.8 Å². The molecule has 7 nitrogen and oxygen atoms in total. The highest BCUT2D eigenvalue weighted by atomic mass is 32.2. The quantitative estimate of drug-likeness (QED) is 0.805. The van der Waals surface area contributed by atoms with Crippen LogP contribution < -0.4 is 5.32 Å². The lowest BCUT2D eigenvalue weighted by Gasteiger charge is -2.26. The molecule has 2 rings (SSSR count). The number of nitrogens with one attached hydrogen (secondary N) is 1. The number of carbonyl (C=O) groups excluding carboxylic acids is 1. The second-order valence-corrected chi connectivity index (χ2v) is 6.25. The van der Waals surface area contributed by atoms with Crippen LogP contribution >= 0.6 is 11.8 Å². The van der Waals surface area contributed by atoms with Crippen molar-refractivity contribution >= 4 is 23.6 Å². The molecule has 1 aliphatic carbocycles. The number of aromatic nitrogens is 3.